The lowest BCUT2D eigenvalue weighted by Gasteiger charge is -2.09. The van der Waals surface area contributed by atoms with Crippen molar-refractivity contribution in [3.63, 3.8) is 0 Å². The molecule has 7 heteroatoms. The van der Waals surface area contributed by atoms with Crippen LogP contribution in [0.1, 0.15) is 24.0 Å². The number of carbonyl (C=O) groups is 1. The molecular weight excluding hydrogens is 379 g/mol. The minimum Gasteiger partial charge on any atom is -0.469 e. The maximum Gasteiger partial charge on any atom is 0.416 e. The van der Waals surface area contributed by atoms with Crippen LogP contribution < -0.4 is 0 Å². The van der Waals surface area contributed by atoms with Gasteiger partial charge in [0.1, 0.15) is 0 Å². The number of aryl methyl sites for hydroxylation is 1. The van der Waals surface area contributed by atoms with E-state index in [0.29, 0.717) is 23.4 Å². The fourth-order valence-corrected chi connectivity index (χ4v) is 3.24. The van der Waals surface area contributed by atoms with Gasteiger partial charge in [0.2, 0.25) is 0 Å². The van der Waals surface area contributed by atoms with Gasteiger partial charge in [-0.15, -0.1) is 0 Å². The second-order valence-electron chi connectivity index (χ2n) is 6.17. The van der Waals surface area contributed by atoms with Gasteiger partial charge in [0.25, 0.3) is 0 Å². The lowest BCUT2D eigenvalue weighted by atomic mass is 9.99. The number of esters is 1. The molecule has 27 heavy (non-hydrogen) atoms. The van der Waals surface area contributed by atoms with E-state index in [1.807, 2.05) is 12.1 Å². The van der Waals surface area contributed by atoms with Crippen LogP contribution in [0.25, 0.3) is 22.2 Å². The largest absolute Gasteiger partial charge is 0.469 e. The summed E-state index contributed by atoms with van der Waals surface area (Å²) in [5, 5.41) is 1.46. The van der Waals surface area contributed by atoms with E-state index in [1.54, 1.807) is 6.07 Å². The molecule has 0 unspecified atom stereocenters. The van der Waals surface area contributed by atoms with Gasteiger partial charge in [-0.05, 0) is 54.3 Å². The predicted octanol–water partition coefficient (Wildman–Crippen LogP) is 6.00. The Morgan fingerprint density at radius 2 is 1.85 bits per heavy atom. The van der Waals surface area contributed by atoms with Gasteiger partial charge < -0.3 is 9.72 Å². The smallest absolute Gasteiger partial charge is 0.416 e. The summed E-state index contributed by atoms with van der Waals surface area (Å²) >= 11 is 6.11. The van der Waals surface area contributed by atoms with Crippen molar-refractivity contribution in [3.05, 3.63) is 58.6 Å². The molecule has 0 aliphatic rings. The molecule has 0 atom stereocenters. The van der Waals surface area contributed by atoms with Gasteiger partial charge in [0.05, 0.1) is 12.7 Å². The van der Waals surface area contributed by atoms with Crippen LogP contribution in [-0.4, -0.2) is 18.1 Å². The Bertz CT molecular complexity index is 962. The minimum absolute atomic E-state index is 0.260. The molecule has 0 spiro atoms. The van der Waals surface area contributed by atoms with Gasteiger partial charge in [0.15, 0.2) is 0 Å². The molecule has 1 N–H and O–H groups in total. The third-order valence-corrected chi connectivity index (χ3v) is 4.64. The van der Waals surface area contributed by atoms with Gasteiger partial charge in [-0.2, -0.15) is 13.2 Å². The minimum atomic E-state index is -4.38. The number of carbonyl (C=O) groups excluding carboxylic acids is 1. The predicted molar refractivity (Wildman–Crippen MR) is 98.7 cm³/mol. The third kappa shape index (κ3) is 4.27. The lowest BCUT2D eigenvalue weighted by Crippen LogP contribution is -2.04. The molecular formula is C20H17ClF3NO2. The van der Waals surface area contributed by atoms with Crippen molar-refractivity contribution in [3.8, 4) is 11.3 Å². The van der Waals surface area contributed by atoms with Crippen LogP contribution >= 0.6 is 11.6 Å². The quantitative estimate of drug-likeness (QED) is 0.538. The summed E-state index contributed by atoms with van der Waals surface area (Å²) in [6, 6.07) is 10.4. The Kier molecular flexibility index (Phi) is 5.46. The average molecular weight is 396 g/mol. The van der Waals surface area contributed by atoms with E-state index in [9.17, 15) is 18.0 Å². The Hall–Kier alpha value is -2.47. The lowest BCUT2D eigenvalue weighted by molar-refractivity contribution is -0.140. The van der Waals surface area contributed by atoms with Crippen LogP contribution in [0.15, 0.2) is 42.5 Å². The third-order valence-electron chi connectivity index (χ3n) is 4.40. The van der Waals surface area contributed by atoms with Gasteiger partial charge in [-0.25, -0.2) is 0 Å². The number of aromatic amines is 1. The normalized spacial score (nSPS) is 11.7. The topological polar surface area (TPSA) is 42.1 Å². The molecule has 0 radical (unpaired) electrons. The number of fused-ring (bicyclic) bond motifs is 1. The maximum absolute atomic E-state index is 12.8. The molecule has 2 aromatic carbocycles. The SMILES string of the molecule is COC(=O)CCCc1c(-c2ccc(C(F)(F)F)cc2)[nH]c2ccc(Cl)cc12. The zero-order valence-corrected chi connectivity index (χ0v) is 15.2. The summed E-state index contributed by atoms with van der Waals surface area (Å²) in [4.78, 5) is 14.6. The zero-order chi connectivity index (χ0) is 19.6. The second kappa shape index (κ2) is 7.64. The number of nitrogens with one attached hydrogen (secondary N) is 1. The summed E-state index contributed by atoms with van der Waals surface area (Å²) in [7, 11) is 1.33. The number of hydrogen-bond acceptors (Lipinski definition) is 2. The Morgan fingerprint density at radius 1 is 1.15 bits per heavy atom. The van der Waals surface area contributed by atoms with Gasteiger partial charge in [0, 0.05) is 28.0 Å². The summed E-state index contributed by atoms with van der Waals surface area (Å²) < 4.78 is 43.1. The van der Waals surface area contributed by atoms with Crippen molar-refractivity contribution >= 4 is 28.5 Å². The second-order valence-corrected chi connectivity index (χ2v) is 6.61. The monoisotopic (exact) mass is 395 g/mol. The molecule has 3 aromatic rings. The van der Waals surface area contributed by atoms with Crippen LogP contribution in [0, 0.1) is 0 Å². The van der Waals surface area contributed by atoms with Gasteiger partial charge >= 0.3 is 12.1 Å². The van der Waals surface area contributed by atoms with E-state index in [-0.39, 0.29) is 12.4 Å². The number of H-pyrrole nitrogens is 1. The van der Waals surface area contributed by atoms with Crippen molar-refractivity contribution in [1.82, 2.24) is 4.98 Å². The van der Waals surface area contributed by atoms with Crippen LogP contribution in [0.4, 0.5) is 13.2 Å². The van der Waals surface area contributed by atoms with E-state index in [1.165, 1.54) is 19.2 Å². The summed E-state index contributed by atoms with van der Waals surface area (Å²) in [5.41, 5.74) is 2.42. The summed E-state index contributed by atoms with van der Waals surface area (Å²) in [6.45, 7) is 0. The number of methoxy groups -OCH3 is 1. The van der Waals surface area contributed by atoms with Crippen LogP contribution in [-0.2, 0) is 22.1 Å². The molecule has 1 aromatic heterocycles. The Labute approximate surface area is 159 Å². The molecule has 142 valence electrons. The van der Waals surface area contributed by atoms with Crippen molar-refractivity contribution in [2.75, 3.05) is 7.11 Å². The van der Waals surface area contributed by atoms with Crippen molar-refractivity contribution in [1.29, 1.82) is 0 Å². The number of benzene rings is 2. The van der Waals surface area contributed by atoms with Crippen molar-refractivity contribution in [2.45, 2.75) is 25.4 Å². The zero-order valence-electron chi connectivity index (χ0n) is 14.5. The fraction of sp³-hybridized carbons (Fsp3) is 0.250. The molecule has 3 rings (SSSR count). The highest BCUT2D eigenvalue weighted by Gasteiger charge is 2.30. The molecule has 3 nitrogen and oxygen atoms in total. The first-order chi connectivity index (χ1) is 12.8. The number of alkyl halides is 3. The van der Waals surface area contributed by atoms with Crippen molar-refractivity contribution < 1.29 is 22.7 Å². The van der Waals surface area contributed by atoms with E-state index in [2.05, 4.69) is 9.72 Å². The fourth-order valence-electron chi connectivity index (χ4n) is 3.06. The van der Waals surface area contributed by atoms with Crippen LogP contribution in [0.2, 0.25) is 5.02 Å². The highest BCUT2D eigenvalue weighted by atomic mass is 35.5. The van der Waals surface area contributed by atoms with E-state index >= 15 is 0 Å². The Balaban J connectivity index is 2.00. The molecule has 0 aliphatic heterocycles. The van der Waals surface area contributed by atoms with Gasteiger partial charge in [-0.3, -0.25) is 4.79 Å². The Morgan fingerprint density at radius 3 is 2.48 bits per heavy atom. The highest BCUT2D eigenvalue weighted by Crippen LogP contribution is 2.35. The van der Waals surface area contributed by atoms with Crippen LogP contribution in [0.5, 0.6) is 0 Å². The average Bonchev–Trinajstić information content (AvgIpc) is 2.99. The molecule has 0 aliphatic carbocycles. The number of halogens is 4. The van der Waals surface area contributed by atoms with E-state index in [0.717, 1.165) is 34.3 Å². The molecule has 0 fully saturated rings. The van der Waals surface area contributed by atoms with Crippen LogP contribution in [0.3, 0.4) is 0 Å². The molecule has 0 saturated carbocycles. The molecule has 1 heterocycles. The van der Waals surface area contributed by atoms with E-state index in [4.69, 9.17) is 11.6 Å². The first-order valence-electron chi connectivity index (χ1n) is 8.34. The molecule has 0 bridgehead atoms. The van der Waals surface area contributed by atoms with Gasteiger partial charge in [-0.1, -0.05) is 23.7 Å². The summed E-state index contributed by atoms with van der Waals surface area (Å²) in [5.74, 6) is -0.302. The number of ether oxygens (including phenoxy) is 1. The maximum atomic E-state index is 12.8. The number of aromatic nitrogens is 1. The standard InChI is InChI=1S/C20H17ClF3NO2/c1-27-18(26)4-2-3-15-16-11-14(21)9-10-17(16)25-19(15)12-5-7-13(8-6-12)20(22,23)24/h5-11,25H,2-4H2,1H3. The number of rotatable bonds is 5. The molecule has 0 saturated heterocycles. The number of hydrogen-bond donors (Lipinski definition) is 1. The first kappa shape index (κ1) is 19.3. The van der Waals surface area contributed by atoms with E-state index < -0.39 is 11.7 Å². The highest BCUT2D eigenvalue weighted by molar-refractivity contribution is 6.31. The summed E-state index contributed by atoms with van der Waals surface area (Å²) in [6.07, 6.45) is -3.00. The van der Waals surface area contributed by atoms with Crippen molar-refractivity contribution in [2.24, 2.45) is 0 Å². The first-order valence-corrected chi connectivity index (χ1v) is 8.72. The molecule has 0 amide bonds.